The number of nitrogens with zero attached hydrogens (tertiary/aromatic N) is 1. The number of nitrogens with one attached hydrogen (secondary N) is 1. The number of nitrogens with two attached hydrogens (primary N) is 1. The number of aromatic nitrogens is 1. The Morgan fingerprint density at radius 1 is 1.42 bits per heavy atom. The zero-order chi connectivity index (χ0) is 9.14. The molecule has 0 fully saturated rings. The summed E-state index contributed by atoms with van der Waals surface area (Å²) < 4.78 is 0. The molecule has 1 aromatic rings. The van der Waals surface area contributed by atoms with E-state index in [1.807, 2.05) is 0 Å². The average molecular weight is 206 g/mol. The minimum Gasteiger partial charge on any atom is -0.351 e. The first-order valence-electron chi connectivity index (χ1n) is 2.96. The summed E-state index contributed by atoms with van der Waals surface area (Å²) in [7, 11) is 0. The predicted octanol–water partition coefficient (Wildman–Crippen LogP) is 1.88. The van der Waals surface area contributed by atoms with Gasteiger partial charge in [-0.15, -0.1) is 0 Å². The van der Waals surface area contributed by atoms with Gasteiger partial charge in [0.15, 0.2) is 0 Å². The van der Waals surface area contributed by atoms with E-state index in [1.54, 1.807) is 0 Å². The average Bonchev–Trinajstić information content (AvgIpc) is 1.97. The molecule has 0 unspecified atom stereocenters. The fourth-order valence-electron chi connectivity index (χ4n) is 0.654. The van der Waals surface area contributed by atoms with Gasteiger partial charge >= 0.3 is 6.03 Å². The highest BCUT2D eigenvalue weighted by Gasteiger charge is 2.06. The fourth-order valence-corrected chi connectivity index (χ4v) is 1.11. The molecule has 0 spiro atoms. The number of anilines is 1. The van der Waals surface area contributed by atoms with Crippen molar-refractivity contribution in [2.24, 2.45) is 5.73 Å². The summed E-state index contributed by atoms with van der Waals surface area (Å²) in [6.07, 6.45) is 2.72. The van der Waals surface area contributed by atoms with Crippen molar-refractivity contribution in [3.8, 4) is 0 Å². The van der Waals surface area contributed by atoms with Gasteiger partial charge < -0.3 is 11.1 Å². The Hall–Kier alpha value is -1.00. The van der Waals surface area contributed by atoms with Gasteiger partial charge in [-0.1, -0.05) is 23.2 Å². The van der Waals surface area contributed by atoms with Gasteiger partial charge in [0, 0.05) is 12.4 Å². The van der Waals surface area contributed by atoms with Gasteiger partial charge in [-0.2, -0.15) is 0 Å². The highest BCUT2D eigenvalue weighted by molar-refractivity contribution is 6.39. The Morgan fingerprint density at radius 2 is 1.92 bits per heavy atom. The molecule has 64 valence electrons. The number of carbonyl (C=O) groups excluding carboxylic acids is 1. The number of carbonyl (C=O) groups is 1. The van der Waals surface area contributed by atoms with Crippen LogP contribution >= 0.6 is 23.2 Å². The maximum atomic E-state index is 10.4. The number of hydrogen-bond acceptors (Lipinski definition) is 2. The van der Waals surface area contributed by atoms with Gasteiger partial charge in [-0.05, 0) is 0 Å². The van der Waals surface area contributed by atoms with Crippen molar-refractivity contribution in [1.82, 2.24) is 4.98 Å². The first-order chi connectivity index (χ1) is 5.61. The van der Waals surface area contributed by atoms with Crippen LogP contribution in [0.5, 0.6) is 0 Å². The predicted molar refractivity (Wildman–Crippen MR) is 47.5 cm³/mol. The lowest BCUT2D eigenvalue weighted by Crippen LogP contribution is -2.19. The summed E-state index contributed by atoms with van der Waals surface area (Å²) >= 11 is 11.3. The normalized spacial score (nSPS) is 9.50. The van der Waals surface area contributed by atoms with E-state index in [0.717, 1.165) is 0 Å². The van der Waals surface area contributed by atoms with E-state index in [9.17, 15) is 4.79 Å². The summed E-state index contributed by atoms with van der Waals surface area (Å²) in [5.74, 6) is 0. The Labute approximate surface area is 78.7 Å². The molecule has 0 aliphatic heterocycles. The highest BCUT2D eigenvalue weighted by Crippen LogP contribution is 2.28. The largest absolute Gasteiger partial charge is 0.351 e. The molecule has 1 heterocycles. The summed E-state index contributed by atoms with van der Waals surface area (Å²) in [4.78, 5) is 14.1. The lowest BCUT2D eigenvalue weighted by Gasteiger charge is -2.04. The quantitative estimate of drug-likeness (QED) is 0.736. The van der Waals surface area contributed by atoms with Crippen LogP contribution in [0, 0.1) is 0 Å². The van der Waals surface area contributed by atoms with Crippen LogP contribution < -0.4 is 11.1 Å². The zero-order valence-corrected chi connectivity index (χ0v) is 7.36. The number of halogens is 2. The Balaban J connectivity index is 3.04. The minimum absolute atomic E-state index is 0.251. The molecule has 12 heavy (non-hydrogen) atoms. The van der Waals surface area contributed by atoms with Crippen molar-refractivity contribution in [3.05, 3.63) is 22.4 Å². The van der Waals surface area contributed by atoms with Gasteiger partial charge in [0.05, 0.1) is 15.7 Å². The van der Waals surface area contributed by atoms with E-state index >= 15 is 0 Å². The highest BCUT2D eigenvalue weighted by atomic mass is 35.5. The monoisotopic (exact) mass is 205 g/mol. The number of primary amides is 1. The number of rotatable bonds is 1. The standard InChI is InChI=1S/C6H5Cl2N3O/c7-3-1-10-2-4(8)5(3)11-6(9)12/h1-2H,(H3,9,10,11,12). The Bertz CT molecular complexity index is 295. The van der Waals surface area contributed by atoms with Gasteiger partial charge in [-0.3, -0.25) is 4.98 Å². The SMILES string of the molecule is NC(=O)Nc1c(Cl)cncc1Cl. The molecular weight excluding hydrogens is 201 g/mol. The van der Waals surface area contributed by atoms with Crippen molar-refractivity contribution in [2.75, 3.05) is 5.32 Å². The number of amides is 2. The van der Waals surface area contributed by atoms with E-state index in [-0.39, 0.29) is 15.7 Å². The minimum atomic E-state index is -0.718. The third kappa shape index (κ3) is 1.99. The molecule has 1 rings (SSSR count). The first kappa shape index (κ1) is 9.09. The second-order valence-electron chi connectivity index (χ2n) is 1.97. The molecule has 0 aromatic carbocycles. The zero-order valence-electron chi connectivity index (χ0n) is 5.84. The van der Waals surface area contributed by atoms with Crippen LogP contribution in [0.2, 0.25) is 10.0 Å². The molecule has 3 N–H and O–H groups in total. The molecule has 0 saturated heterocycles. The second-order valence-corrected chi connectivity index (χ2v) is 2.78. The van der Waals surface area contributed by atoms with Crippen LogP contribution in [0.3, 0.4) is 0 Å². The fraction of sp³-hybridized carbons (Fsp3) is 0. The van der Waals surface area contributed by atoms with E-state index in [4.69, 9.17) is 28.9 Å². The van der Waals surface area contributed by atoms with E-state index < -0.39 is 6.03 Å². The summed E-state index contributed by atoms with van der Waals surface area (Å²) in [5.41, 5.74) is 5.15. The Morgan fingerprint density at radius 3 is 2.33 bits per heavy atom. The smallest absolute Gasteiger partial charge is 0.316 e. The molecule has 0 aliphatic rings. The molecule has 0 radical (unpaired) electrons. The molecule has 2 amide bonds. The lowest BCUT2D eigenvalue weighted by atomic mass is 10.4. The first-order valence-corrected chi connectivity index (χ1v) is 3.72. The van der Waals surface area contributed by atoms with E-state index in [2.05, 4.69) is 10.3 Å². The maximum Gasteiger partial charge on any atom is 0.316 e. The van der Waals surface area contributed by atoms with Crippen molar-refractivity contribution in [2.45, 2.75) is 0 Å². The second kappa shape index (κ2) is 3.60. The molecule has 6 heteroatoms. The van der Waals surface area contributed by atoms with Crippen LogP contribution in [0.4, 0.5) is 10.5 Å². The number of urea groups is 1. The van der Waals surface area contributed by atoms with Crippen molar-refractivity contribution in [1.29, 1.82) is 0 Å². The molecule has 0 saturated carbocycles. The molecule has 0 bridgehead atoms. The molecule has 4 nitrogen and oxygen atoms in total. The summed E-state index contributed by atoms with van der Waals surface area (Å²) in [5, 5.41) is 2.78. The molecule has 0 aliphatic carbocycles. The summed E-state index contributed by atoms with van der Waals surface area (Å²) in [6.45, 7) is 0. The molecule has 0 atom stereocenters. The van der Waals surface area contributed by atoms with Crippen molar-refractivity contribution in [3.63, 3.8) is 0 Å². The van der Waals surface area contributed by atoms with E-state index in [1.165, 1.54) is 12.4 Å². The van der Waals surface area contributed by atoms with Gasteiger partial charge in [0.2, 0.25) is 0 Å². The number of pyridine rings is 1. The number of hydrogen-bond donors (Lipinski definition) is 2. The van der Waals surface area contributed by atoms with Crippen LogP contribution in [-0.4, -0.2) is 11.0 Å². The summed E-state index contributed by atoms with van der Waals surface area (Å²) in [6, 6.07) is -0.718. The lowest BCUT2D eigenvalue weighted by molar-refractivity contribution is 0.259. The third-order valence-corrected chi connectivity index (χ3v) is 1.67. The van der Waals surface area contributed by atoms with Gasteiger partial charge in [-0.25, -0.2) is 4.79 Å². The Kier molecular flexibility index (Phi) is 2.73. The van der Waals surface area contributed by atoms with E-state index in [0.29, 0.717) is 0 Å². The van der Waals surface area contributed by atoms with Gasteiger partial charge in [0.25, 0.3) is 0 Å². The van der Waals surface area contributed by atoms with Crippen LogP contribution in [0.15, 0.2) is 12.4 Å². The van der Waals surface area contributed by atoms with Gasteiger partial charge in [0.1, 0.15) is 0 Å². The van der Waals surface area contributed by atoms with Crippen LogP contribution in [0.1, 0.15) is 0 Å². The van der Waals surface area contributed by atoms with Crippen molar-refractivity contribution < 1.29 is 4.79 Å². The topological polar surface area (TPSA) is 68.0 Å². The third-order valence-electron chi connectivity index (χ3n) is 1.10. The molecule has 1 aromatic heterocycles. The van der Waals surface area contributed by atoms with Crippen molar-refractivity contribution >= 4 is 34.9 Å². The van der Waals surface area contributed by atoms with Crippen LogP contribution in [0.25, 0.3) is 0 Å². The molecular formula is C6H5Cl2N3O. The maximum absolute atomic E-state index is 10.4. The van der Waals surface area contributed by atoms with Crippen LogP contribution in [-0.2, 0) is 0 Å².